The Morgan fingerprint density at radius 2 is 1.59 bits per heavy atom. The highest BCUT2D eigenvalue weighted by molar-refractivity contribution is 6.17. The average Bonchev–Trinajstić information content (AvgIpc) is 3.07. The predicted molar refractivity (Wildman–Crippen MR) is 102 cm³/mol. The number of carbonyl (C=O) groups excluding carboxylic acids is 3. The molecular weight excluding hydrogens is 344 g/mol. The summed E-state index contributed by atoms with van der Waals surface area (Å²) in [5.74, 6) is -0.154. The quantitative estimate of drug-likeness (QED) is 0.436. The molecular formula is C21H28N2O4. The van der Waals surface area contributed by atoms with E-state index < -0.39 is 0 Å². The van der Waals surface area contributed by atoms with Crippen LogP contribution in [0.25, 0.3) is 0 Å². The molecule has 0 unspecified atom stereocenters. The fraction of sp³-hybridized carbons (Fsp3) is 0.571. The summed E-state index contributed by atoms with van der Waals surface area (Å²) in [6, 6.07) is 6.61. The summed E-state index contributed by atoms with van der Waals surface area (Å²) in [5, 5.41) is 0. The third-order valence-electron chi connectivity index (χ3n) is 5.79. The first-order valence-corrected chi connectivity index (χ1v) is 9.85. The van der Waals surface area contributed by atoms with Crippen LogP contribution in [0.5, 0.6) is 5.75 Å². The Balaban J connectivity index is 1.64. The Morgan fingerprint density at radius 3 is 2.11 bits per heavy atom. The van der Waals surface area contributed by atoms with E-state index >= 15 is 0 Å². The van der Waals surface area contributed by atoms with Crippen molar-refractivity contribution in [2.75, 3.05) is 24.5 Å². The van der Waals surface area contributed by atoms with Gasteiger partial charge >= 0.3 is 5.97 Å². The van der Waals surface area contributed by atoms with E-state index in [1.165, 1.54) is 4.90 Å². The minimum Gasteiger partial charge on any atom is -0.426 e. The van der Waals surface area contributed by atoms with Gasteiger partial charge in [-0.15, -0.1) is 0 Å². The standard InChI is InChI=1S/C21H28N2O4/c1-3-22(4-2)15-20(26)27-17-9-7-16(8-10-17)23-18(24)13-21(14-19(23)25)11-5-6-12-21/h7-10H,3-6,11-15H2,1-2H3. The van der Waals surface area contributed by atoms with Crippen LogP contribution in [0.1, 0.15) is 52.4 Å². The van der Waals surface area contributed by atoms with Gasteiger partial charge in [0, 0.05) is 12.8 Å². The molecule has 146 valence electrons. The van der Waals surface area contributed by atoms with Crippen LogP contribution < -0.4 is 9.64 Å². The smallest absolute Gasteiger partial charge is 0.325 e. The second-order valence-corrected chi connectivity index (χ2v) is 7.61. The number of ether oxygens (including phenoxy) is 1. The third kappa shape index (κ3) is 4.38. The first-order chi connectivity index (χ1) is 13.0. The van der Waals surface area contributed by atoms with Crippen molar-refractivity contribution in [3.05, 3.63) is 24.3 Å². The Kier molecular flexibility index (Phi) is 5.95. The monoisotopic (exact) mass is 372 g/mol. The number of anilines is 1. The second kappa shape index (κ2) is 8.21. The molecule has 0 radical (unpaired) electrons. The van der Waals surface area contributed by atoms with E-state index in [-0.39, 0.29) is 29.7 Å². The Labute approximate surface area is 160 Å². The predicted octanol–water partition coefficient (Wildman–Crippen LogP) is 3.15. The molecule has 0 bridgehead atoms. The van der Waals surface area contributed by atoms with Crippen LogP contribution in [-0.4, -0.2) is 42.3 Å². The lowest BCUT2D eigenvalue weighted by Crippen LogP contribution is -2.47. The fourth-order valence-electron chi connectivity index (χ4n) is 4.22. The van der Waals surface area contributed by atoms with Crippen molar-refractivity contribution in [1.82, 2.24) is 4.90 Å². The number of benzene rings is 1. The first kappa shape index (κ1) is 19.5. The van der Waals surface area contributed by atoms with Crippen LogP contribution in [0.15, 0.2) is 24.3 Å². The van der Waals surface area contributed by atoms with E-state index in [0.717, 1.165) is 38.8 Å². The molecule has 1 heterocycles. The van der Waals surface area contributed by atoms with Gasteiger partial charge in [0.15, 0.2) is 0 Å². The molecule has 1 saturated heterocycles. The number of hydrogen-bond acceptors (Lipinski definition) is 5. The molecule has 27 heavy (non-hydrogen) atoms. The molecule has 1 aromatic rings. The molecule has 6 nitrogen and oxygen atoms in total. The topological polar surface area (TPSA) is 66.9 Å². The molecule has 0 aromatic heterocycles. The third-order valence-corrected chi connectivity index (χ3v) is 5.79. The van der Waals surface area contributed by atoms with Crippen LogP contribution >= 0.6 is 0 Å². The van der Waals surface area contributed by atoms with Crippen molar-refractivity contribution in [3.8, 4) is 5.75 Å². The summed E-state index contributed by atoms with van der Waals surface area (Å²) in [7, 11) is 0. The van der Waals surface area contributed by atoms with Gasteiger partial charge in [-0.1, -0.05) is 26.7 Å². The molecule has 0 atom stereocenters. The van der Waals surface area contributed by atoms with E-state index in [9.17, 15) is 14.4 Å². The van der Waals surface area contributed by atoms with E-state index in [0.29, 0.717) is 24.3 Å². The number of esters is 1. The number of nitrogens with zero attached hydrogens (tertiary/aromatic N) is 2. The summed E-state index contributed by atoms with van der Waals surface area (Å²) < 4.78 is 5.35. The maximum absolute atomic E-state index is 12.6. The molecule has 3 rings (SSSR count). The second-order valence-electron chi connectivity index (χ2n) is 7.61. The zero-order valence-electron chi connectivity index (χ0n) is 16.2. The van der Waals surface area contributed by atoms with E-state index in [1.807, 2.05) is 18.7 Å². The van der Waals surface area contributed by atoms with Crippen molar-refractivity contribution >= 4 is 23.5 Å². The maximum Gasteiger partial charge on any atom is 0.325 e. The van der Waals surface area contributed by atoms with Crippen molar-refractivity contribution in [3.63, 3.8) is 0 Å². The van der Waals surface area contributed by atoms with Gasteiger partial charge < -0.3 is 4.74 Å². The number of hydrogen-bond donors (Lipinski definition) is 0. The summed E-state index contributed by atoms with van der Waals surface area (Å²) in [5.41, 5.74) is 0.436. The minimum absolute atomic E-state index is 0.107. The SMILES string of the molecule is CCN(CC)CC(=O)Oc1ccc(N2C(=O)CC3(CCCC3)CC2=O)cc1. The van der Waals surface area contributed by atoms with Crippen molar-refractivity contribution in [2.45, 2.75) is 52.4 Å². The highest BCUT2D eigenvalue weighted by Gasteiger charge is 2.45. The fourth-order valence-corrected chi connectivity index (χ4v) is 4.22. The number of carbonyl (C=O) groups is 3. The van der Waals surface area contributed by atoms with Crippen LogP contribution in [-0.2, 0) is 14.4 Å². The minimum atomic E-state index is -0.320. The van der Waals surface area contributed by atoms with Gasteiger partial charge in [0.25, 0.3) is 0 Å². The summed E-state index contributed by atoms with van der Waals surface area (Å²) in [4.78, 5) is 40.5. The normalized spacial score (nSPS) is 19.1. The molecule has 1 saturated carbocycles. The summed E-state index contributed by atoms with van der Waals surface area (Å²) in [6.07, 6.45) is 5.04. The average molecular weight is 372 g/mol. The number of likely N-dealkylation sites (N-methyl/N-ethyl adjacent to an activating group) is 1. The molecule has 2 aliphatic rings. The molecule has 1 aromatic carbocycles. The largest absolute Gasteiger partial charge is 0.426 e. The molecule has 0 N–H and O–H groups in total. The van der Waals surface area contributed by atoms with Gasteiger partial charge in [0.05, 0.1) is 12.2 Å². The number of imide groups is 1. The van der Waals surface area contributed by atoms with E-state index in [4.69, 9.17) is 4.74 Å². The molecule has 2 amide bonds. The maximum atomic E-state index is 12.6. The van der Waals surface area contributed by atoms with Gasteiger partial charge in [0.2, 0.25) is 11.8 Å². The molecule has 2 fully saturated rings. The Bertz CT molecular complexity index is 683. The summed E-state index contributed by atoms with van der Waals surface area (Å²) in [6.45, 7) is 5.79. The lowest BCUT2D eigenvalue weighted by atomic mass is 9.76. The van der Waals surface area contributed by atoms with Gasteiger partial charge in [-0.25, -0.2) is 0 Å². The van der Waals surface area contributed by atoms with Gasteiger partial charge in [-0.2, -0.15) is 0 Å². The van der Waals surface area contributed by atoms with Gasteiger partial charge in [0.1, 0.15) is 5.75 Å². The highest BCUT2D eigenvalue weighted by atomic mass is 16.5. The summed E-state index contributed by atoms with van der Waals surface area (Å²) >= 11 is 0. The number of amides is 2. The van der Waals surface area contributed by atoms with Crippen LogP contribution in [0.2, 0.25) is 0 Å². The zero-order valence-corrected chi connectivity index (χ0v) is 16.2. The van der Waals surface area contributed by atoms with Crippen molar-refractivity contribution in [1.29, 1.82) is 0 Å². The Hall–Kier alpha value is -2.21. The first-order valence-electron chi connectivity index (χ1n) is 9.85. The van der Waals surface area contributed by atoms with Crippen LogP contribution in [0, 0.1) is 5.41 Å². The van der Waals surface area contributed by atoms with Crippen LogP contribution in [0.3, 0.4) is 0 Å². The number of rotatable bonds is 6. The highest BCUT2D eigenvalue weighted by Crippen LogP contribution is 2.47. The number of piperidine rings is 1. The molecule has 6 heteroatoms. The van der Waals surface area contributed by atoms with Crippen molar-refractivity contribution < 1.29 is 19.1 Å². The zero-order chi connectivity index (χ0) is 19.4. The van der Waals surface area contributed by atoms with E-state index in [2.05, 4.69) is 0 Å². The molecule has 1 aliphatic carbocycles. The van der Waals surface area contributed by atoms with Gasteiger partial charge in [-0.05, 0) is 55.6 Å². The van der Waals surface area contributed by atoms with Crippen LogP contribution in [0.4, 0.5) is 5.69 Å². The lowest BCUT2D eigenvalue weighted by Gasteiger charge is -2.37. The molecule has 1 spiro atoms. The van der Waals surface area contributed by atoms with Gasteiger partial charge in [-0.3, -0.25) is 24.2 Å². The Morgan fingerprint density at radius 1 is 1.04 bits per heavy atom. The lowest BCUT2D eigenvalue weighted by molar-refractivity contribution is -0.136. The molecule has 1 aliphatic heterocycles. The van der Waals surface area contributed by atoms with E-state index in [1.54, 1.807) is 24.3 Å². The van der Waals surface area contributed by atoms with Crippen molar-refractivity contribution in [2.24, 2.45) is 5.41 Å².